The minimum atomic E-state index is -0.0309. The van der Waals surface area contributed by atoms with Gasteiger partial charge in [-0.3, -0.25) is 4.57 Å². The summed E-state index contributed by atoms with van der Waals surface area (Å²) in [6.45, 7) is 4.15. The highest BCUT2D eigenvalue weighted by Crippen LogP contribution is 2.13. The van der Waals surface area contributed by atoms with Gasteiger partial charge in [0.2, 0.25) is 0 Å². The van der Waals surface area contributed by atoms with E-state index in [0.29, 0.717) is 6.54 Å². The summed E-state index contributed by atoms with van der Waals surface area (Å²) in [4.78, 5) is 14.5. The number of hydrogen-bond donors (Lipinski definition) is 3. The van der Waals surface area contributed by atoms with E-state index in [2.05, 4.69) is 10.3 Å². The Morgan fingerprint density at radius 1 is 1.64 bits per heavy atom. The van der Waals surface area contributed by atoms with Crippen LogP contribution in [0, 0.1) is 0 Å². The van der Waals surface area contributed by atoms with Crippen LogP contribution < -0.4 is 16.7 Å². The van der Waals surface area contributed by atoms with Gasteiger partial charge in [0.05, 0.1) is 5.69 Å². The molecule has 1 aromatic heterocycles. The second-order valence-electron chi connectivity index (χ2n) is 3.74. The van der Waals surface area contributed by atoms with Crippen molar-refractivity contribution < 1.29 is 0 Å². The number of imidazole rings is 1. The Morgan fingerprint density at radius 2 is 2.43 bits per heavy atom. The molecule has 0 aliphatic carbocycles. The number of nitrogens with zero attached hydrogens (tertiary/aromatic N) is 1. The molecule has 5 heteroatoms. The van der Waals surface area contributed by atoms with Crippen LogP contribution >= 0.6 is 0 Å². The van der Waals surface area contributed by atoms with E-state index in [1.54, 1.807) is 4.57 Å². The molecule has 0 radical (unpaired) electrons. The Labute approximate surface area is 82.3 Å². The van der Waals surface area contributed by atoms with E-state index in [0.717, 1.165) is 30.9 Å². The minimum absolute atomic E-state index is 0.0309. The Bertz CT molecular complexity index is 379. The monoisotopic (exact) mass is 196 g/mol. The molecule has 0 spiro atoms. The van der Waals surface area contributed by atoms with E-state index in [-0.39, 0.29) is 11.7 Å². The zero-order chi connectivity index (χ0) is 10.1. The number of nitrogens with one attached hydrogen (secondary N) is 2. The van der Waals surface area contributed by atoms with Crippen molar-refractivity contribution in [3.05, 3.63) is 21.9 Å². The van der Waals surface area contributed by atoms with Gasteiger partial charge in [-0.2, -0.15) is 0 Å². The normalized spacial score (nSPS) is 17.9. The van der Waals surface area contributed by atoms with Crippen LogP contribution in [0.1, 0.15) is 24.4 Å². The molecule has 4 N–H and O–H groups in total. The van der Waals surface area contributed by atoms with E-state index in [1.165, 1.54) is 0 Å². The molecule has 2 heterocycles. The van der Waals surface area contributed by atoms with Crippen LogP contribution in [0.5, 0.6) is 0 Å². The SMILES string of the molecule is CC(CN)n1c2c([nH]c1=O)CCNC2. The number of fused-ring (bicyclic) bond motifs is 1. The lowest BCUT2D eigenvalue weighted by Crippen LogP contribution is -2.30. The molecule has 1 aromatic rings. The fraction of sp³-hybridized carbons (Fsp3) is 0.667. The van der Waals surface area contributed by atoms with Crippen LogP contribution in [0.3, 0.4) is 0 Å². The average Bonchev–Trinajstić information content (AvgIpc) is 2.53. The summed E-state index contributed by atoms with van der Waals surface area (Å²) in [5, 5.41) is 3.25. The third kappa shape index (κ3) is 1.38. The summed E-state index contributed by atoms with van der Waals surface area (Å²) in [7, 11) is 0. The van der Waals surface area contributed by atoms with Gasteiger partial charge in [-0.1, -0.05) is 0 Å². The fourth-order valence-electron chi connectivity index (χ4n) is 1.92. The third-order valence-corrected chi connectivity index (χ3v) is 2.74. The first-order valence-corrected chi connectivity index (χ1v) is 4.97. The molecule has 1 aliphatic heterocycles. The molecule has 14 heavy (non-hydrogen) atoms. The highest BCUT2D eigenvalue weighted by Gasteiger charge is 2.19. The number of rotatable bonds is 2. The van der Waals surface area contributed by atoms with Crippen molar-refractivity contribution in [2.24, 2.45) is 5.73 Å². The van der Waals surface area contributed by atoms with Gasteiger partial charge in [0.25, 0.3) is 0 Å². The number of nitrogens with two attached hydrogens (primary N) is 1. The molecule has 0 amide bonds. The van der Waals surface area contributed by atoms with Crippen molar-refractivity contribution in [3.63, 3.8) is 0 Å². The number of hydrogen-bond acceptors (Lipinski definition) is 3. The quantitative estimate of drug-likeness (QED) is 0.588. The van der Waals surface area contributed by atoms with Gasteiger partial charge in [-0.15, -0.1) is 0 Å². The first kappa shape index (κ1) is 9.48. The van der Waals surface area contributed by atoms with E-state index < -0.39 is 0 Å². The summed E-state index contributed by atoms with van der Waals surface area (Å²) >= 11 is 0. The summed E-state index contributed by atoms with van der Waals surface area (Å²) < 4.78 is 1.77. The van der Waals surface area contributed by atoms with Crippen molar-refractivity contribution in [2.75, 3.05) is 13.1 Å². The molecule has 5 nitrogen and oxygen atoms in total. The summed E-state index contributed by atoms with van der Waals surface area (Å²) in [5.74, 6) is 0. The molecule has 0 fully saturated rings. The fourth-order valence-corrected chi connectivity index (χ4v) is 1.92. The smallest absolute Gasteiger partial charge is 0.326 e. The predicted molar refractivity (Wildman–Crippen MR) is 54.2 cm³/mol. The highest BCUT2D eigenvalue weighted by atomic mass is 16.1. The van der Waals surface area contributed by atoms with Crippen LogP contribution in [-0.2, 0) is 13.0 Å². The van der Waals surface area contributed by atoms with Crippen molar-refractivity contribution in [1.29, 1.82) is 0 Å². The summed E-state index contributed by atoms with van der Waals surface area (Å²) in [6.07, 6.45) is 0.898. The van der Waals surface area contributed by atoms with Crippen LogP contribution in [0.2, 0.25) is 0 Å². The van der Waals surface area contributed by atoms with Gasteiger partial charge in [-0.05, 0) is 6.92 Å². The third-order valence-electron chi connectivity index (χ3n) is 2.74. The van der Waals surface area contributed by atoms with Gasteiger partial charge < -0.3 is 16.0 Å². The second kappa shape index (κ2) is 3.59. The summed E-state index contributed by atoms with van der Waals surface area (Å²) in [5.41, 5.74) is 7.67. The largest absolute Gasteiger partial charge is 0.328 e. The van der Waals surface area contributed by atoms with Crippen LogP contribution in [-0.4, -0.2) is 22.6 Å². The summed E-state index contributed by atoms with van der Waals surface area (Å²) in [6, 6.07) is 0.0717. The van der Waals surface area contributed by atoms with E-state index in [4.69, 9.17) is 5.73 Å². The Hall–Kier alpha value is -1.07. The number of aromatic nitrogens is 2. The highest BCUT2D eigenvalue weighted by molar-refractivity contribution is 5.17. The van der Waals surface area contributed by atoms with Crippen LogP contribution in [0.15, 0.2) is 4.79 Å². The van der Waals surface area contributed by atoms with Gasteiger partial charge in [0, 0.05) is 37.8 Å². The zero-order valence-corrected chi connectivity index (χ0v) is 8.34. The molecule has 0 bridgehead atoms. The number of aromatic amines is 1. The molecule has 1 unspecified atom stereocenters. The van der Waals surface area contributed by atoms with Crippen molar-refractivity contribution in [3.8, 4) is 0 Å². The van der Waals surface area contributed by atoms with Crippen LogP contribution in [0.25, 0.3) is 0 Å². The Kier molecular flexibility index (Phi) is 2.43. The molecular formula is C9H16N4O. The topological polar surface area (TPSA) is 75.8 Å². The van der Waals surface area contributed by atoms with E-state index in [9.17, 15) is 4.79 Å². The van der Waals surface area contributed by atoms with Crippen LogP contribution in [0.4, 0.5) is 0 Å². The Morgan fingerprint density at radius 3 is 3.14 bits per heavy atom. The second-order valence-corrected chi connectivity index (χ2v) is 3.74. The van der Waals surface area contributed by atoms with E-state index >= 15 is 0 Å². The molecule has 0 saturated heterocycles. The standard InChI is InChI=1S/C9H16N4O/c1-6(4-10)13-8-5-11-3-2-7(8)12-9(13)14/h6,11H,2-5,10H2,1H3,(H,12,14). The molecular weight excluding hydrogens is 180 g/mol. The van der Waals surface area contributed by atoms with Crippen molar-refractivity contribution in [1.82, 2.24) is 14.9 Å². The molecule has 2 rings (SSSR count). The first-order valence-electron chi connectivity index (χ1n) is 4.97. The maximum Gasteiger partial charge on any atom is 0.326 e. The van der Waals surface area contributed by atoms with Crippen molar-refractivity contribution >= 4 is 0 Å². The van der Waals surface area contributed by atoms with Gasteiger partial charge in [-0.25, -0.2) is 4.79 Å². The van der Waals surface area contributed by atoms with Gasteiger partial charge >= 0.3 is 5.69 Å². The van der Waals surface area contributed by atoms with E-state index in [1.807, 2.05) is 6.92 Å². The molecule has 0 saturated carbocycles. The van der Waals surface area contributed by atoms with Gasteiger partial charge in [0.15, 0.2) is 0 Å². The average molecular weight is 196 g/mol. The molecule has 0 aromatic carbocycles. The molecule has 1 aliphatic rings. The lowest BCUT2D eigenvalue weighted by atomic mass is 10.1. The minimum Gasteiger partial charge on any atom is -0.328 e. The van der Waals surface area contributed by atoms with Crippen molar-refractivity contribution in [2.45, 2.75) is 25.9 Å². The Balaban J connectivity index is 2.48. The maximum atomic E-state index is 11.6. The lowest BCUT2D eigenvalue weighted by molar-refractivity contribution is 0.499. The lowest BCUT2D eigenvalue weighted by Gasteiger charge is -2.18. The first-order chi connectivity index (χ1) is 6.74. The zero-order valence-electron chi connectivity index (χ0n) is 8.34. The van der Waals surface area contributed by atoms with Gasteiger partial charge in [0.1, 0.15) is 0 Å². The molecule has 1 atom stereocenters. The number of H-pyrrole nitrogens is 1. The maximum absolute atomic E-state index is 11.6. The molecule has 78 valence electrons. The predicted octanol–water partition coefficient (Wildman–Crippen LogP) is -0.658.